The largest absolute Gasteiger partial charge is 0.444 e. The molecule has 1 unspecified atom stereocenters. The van der Waals surface area contributed by atoms with E-state index in [4.69, 9.17) is 16.3 Å². The van der Waals surface area contributed by atoms with Crippen LogP contribution in [0.5, 0.6) is 0 Å². The Hall–Kier alpha value is -2.40. The van der Waals surface area contributed by atoms with Gasteiger partial charge >= 0.3 is 6.09 Å². The fraction of sp³-hybridized carbons (Fsp3) is 0.333. The molecule has 0 aromatic heterocycles. The zero-order valence-corrected chi connectivity index (χ0v) is 16.6. The maximum absolute atomic E-state index is 15.2. The number of amides is 1. The number of carbonyl (C=O) groups is 2. The molecule has 4 nitrogen and oxygen atoms in total. The van der Waals surface area contributed by atoms with Crippen LogP contribution in [0.25, 0.3) is 0 Å². The van der Waals surface area contributed by atoms with Crippen LogP contribution in [0.15, 0.2) is 42.5 Å². The molecule has 0 aliphatic carbocycles. The Morgan fingerprint density at radius 2 is 1.78 bits per heavy atom. The molecule has 144 valence electrons. The Morgan fingerprint density at radius 1 is 1.15 bits per heavy atom. The van der Waals surface area contributed by atoms with Crippen LogP contribution in [0.2, 0.25) is 5.02 Å². The number of alkyl carbamates (subject to hydrolysis) is 1. The number of hydrogen-bond donors (Lipinski definition) is 1. The van der Waals surface area contributed by atoms with E-state index in [0.717, 1.165) is 0 Å². The molecule has 0 fully saturated rings. The number of benzene rings is 2. The fourth-order valence-corrected chi connectivity index (χ4v) is 2.86. The number of halogens is 2. The standard InChI is InChI=1S/C21H23ClFNO3/c1-5-16(24-20(26)27-21(2,3)4)14-11-12-15(22)17(18(14)23)19(25)13-9-7-6-8-10-13/h6-12,16H,5H2,1-4H3,(H,24,26). The summed E-state index contributed by atoms with van der Waals surface area (Å²) in [6.07, 6.45) is -0.240. The van der Waals surface area contributed by atoms with Crippen LogP contribution in [0.3, 0.4) is 0 Å². The van der Waals surface area contributed by atoms with Crippen LogP contribution in [-0.2, 0) is 4.74 Å². The van der Waals surface area contributed by atoms with E-state index in [1.54, 1.807) is 58.0 Å². The lowest BCUT2D eigenvalue weighted by atomic mass is 9.96. The van der Waals surface area contributed by atoms with Crippen molar-refractivity contribution < 1.29 is 18.7 Å². The van der Waals surface area contributed by atoms with Gasteiger partial charge in [-0.2, -0.15) is 0 Å². The van der Waals surface area contributed by atoms with Crippen molar-refractivity contribution in [1.29, 1.82) is 0 Å². The summed E-state index contributed by atoms with van der Waals surface area (Å²) in [5.74, 6) is -1.24. The molecule has 0 saturated carbocycles. The first kappa shape index (κ1) is 20.9. The molecule has 0 saturated heterocycles. The Labute approximate surface area is 163 Å². The average molecular weight is 392 g/mol. The Balaban J connectivity index is 2.37. The van der Waals surface area contributed by atoms with Crippen molar-refractivity contribution in [3.8, 4) is 0 Å². The molecule has 2 aromatic rings. The third kappa shape index (κ3) is 5.30. The van der Waals surface area contributed by atoms with Crippen molar-refractivity contribution in [2.45, 2.75) is 45.8 Å². The zero-order valence-electron chi connectivity index (χ0n) is 15.8. The van der Waals surface area contributed by atoms with Gasteiger partial charge in [0, 0.05) is 11.1 Å². The van der Waals surface area contributed by atoms with Crippen molar-refractivity contribution >= 4 is 23.5 Å². The maximum atomic E-state index is 15.2. The third-order valence-corrected chi connectivity index (χ3v) is 4.17. The summed E-state index contributed by atoms with van der Waals surface area (Å²) in [7, 11) is 0. The van der Waals surface area contributed by atoms with Crippen LogP contribution in [0, 0.1) is 5.82 Å². The van der Waals surface area contributed by atoms with Gasteiger partial charge in [0.15, 0.2) is 5.78 Å². The molecule has 0 heterocycles. The highest BCUT2D eigenvalue weighted by Crippen LogP contribution is 2.30. The summed E-state index contributed by atoms with van der Waals surface area (Å²) in [4.78, 5) is 24.8. The van der Waals surface area contributed by atoms with Gasteiger partial charge < -0.3 is 10.1 Å². The van der Waals surface area contributed by atoms with Crippen LogP contribution >= 0.6 is 11.6 Å². The van der Waals surface area contributed by atoms with Gasteiger partial charge in [0.1, 0.15) is 11.4 Å². The van der Waals surface area contributed by atoms with Gasteiger partial charge in [-0.05, 0) is 33.3 Å². The minimum Gasteiger partial charge on any atom is -0.444 e. The molecule has 0 aliphatic rings. The predicted octanol–water partition coefficient (Wildman–Crippen LogP) is 5.69. The van der Waals surface area contributed by atoms with E-state index in [1.165, 1.54) is 12.1 Å². The molecule has 2 aromatic carbocycles. The smallest absolute Gasteiger partial charge is 0.408 e. The molecular weight excluding hydrogens is 369 g/mol. The first-order valence-corrected chi connectivity index (χ1v) is 9.09. The van der Waals surface area contributed by atoms with Gasteiger partial charge in [-0.3, -0.25) is 4.79 Å². The lowest BCUT2D eigenvalue weighted by Gasteiger charge is -2.24. The second kappa shape index (κ2) is 8.53. The van der Waals surface area contributed by atoms with Gasteiger partial charge in [-0.25, -0.2) is 9.18 Å². The van der Waals surface area contributed by atoms with E-state index in [1.807, 2.05) is 0 Å². The van der Waals surface area contributed by atoms with E-state index in [9.17, 15) is 9.59 Å². The Bertz CT molecular complexity index is 831. The predicted molar refractivity (Wildman–Crippen MR) is 104 cm³/mol. The van der Waals surface area contributed by atoms with Crippen molar-refractivity contribution in [2.24, 2.45) is 0 Å². The van der Waals surface area contributed by atoms with Crippen molar-refractivity contribution in [1.82, 2.24) is 5.32 Å². The van der Waals surface area contributed by atoms with E-state index >= 15 is 4.39 Å². The van der Waals surface area contributed by atoms with E-state index in [2.05, 4.69) is 5.32 Å². The van der Waals surface area contributed by atoms with Crippen molar-refractivity contribution in [3.05, 3.63) is 70.0 Å². The normalized spacial score (nSPS) is 12.4. The minimum absolute atomic E-state index is 0.0252. The van der Waals surface area contributed by atoms with Gasteiger partial charge in [0.2, 0.25) is 0 Å². The highest BCUT2D eigenvalue weighted by Gasteiger charge is 2.26. The lowest BCUT2D eigenvalue weighted by Crippen LogP contribution is -2.35. The number of ketones is 1. The van der Waals surface area contributed by atoms with E-state index in [-0.39, 0.29) is 16.1 Å². The molecule has 1 amide bonds. The zero-order chi connectivity index (χ0) is 20.2. The molecule has 6 heteroatoms. The number of rotatable bonds is 5. The maximum Gasteiger partial charge on any atom is 0.408 e. The number of ether oxygens (including phenoxy) is 1. The molecule has 0 radical (unpaired) electrons. The van der Waals surface area contributed by atoms with E-state index in [0.29, 0.717) is 12.0 Å². The number of nitrogens with one attached hydrogen (secondary N) is 1. The lowest BCUT2D eigenvalue weighted by molar-refractivity contribution is 0.0501. The summed E-state index contributed by atoms with van der Waals surface area (Å²) in [5, 5.41) is 2.68. The molecule has 1 atom stereocenters. The Kier molecular flexibility index (Phi) is 6.60. The minimum atomic E-state index is -0.737. The molecule has 1 N–H and O–H groups in total. The highest BCUT2D eigenvalue weighted by atomic mass is 35.5. The number of hydrogen-bond acceptors (Lipinski definition) is 3. The summed E-state index contributed by atoms with van der Waals surface area (Å²) in [6, 6.07) is 10.6. The summed E-state index contributed by atoms with van der Waals surface area (Å²) < 4.78 is 20.4. The first-order valence-electron chi connectivity index (χ1n) is 8.71. The van der Waals surface area contributed by atoms with Gasteiger partial charge in [-0.15, -0.1) is 0 Å². The molecule has 0 spiro atoms. The average Bonchev–Trinajstić information content (AvgIpc) is 2.59. The first-order chi connectivity index (χ1) is 12.6. The molecule has 2 rings (SSSR count). The summed E-state index contributed by atoms with van der Waals surface area (Å²) >= 11 is 6.11. The molecule has 0 aliphatic heterocycles. The highest BCUT2D eigenvalue weighted by molar-refractivity contribution is 6.35. The van der Waals surface area contributed by atoms with Gasteiger partial charge in [0.05, 0.1) is 16.6 Å². The van der Waals surface area contributed by atoms with Crippen LogP contribution in [0.4, 0.5) is 9.18 Å². The SMILES string of the molecule is CCC(NC(=O)OC(C)(C)C)c1ccc(Cl)c(C(=O)c2ccccc2)c1F. The Morgan fingerprint density at radius 3 is 2.33 bits per heavy atom. The molecule has 0 bridgehead atoms. The summed E-state index contributed by atoms with van der Waals surface area (Å²) in [5.41, 5.74) is -0.351. The molecular formula is C21H23ClFNO3. The monoisotopic (exact) mass is 391 g/mol. The number of carbonyl (C=O) groups excluding carboxylic acids is 2. The van der Waals surface area contributed by atoms with Crippen LogP contribution in [0.1, 0.15) is 61.6 Å². The third-order valence-electron chi connectivity index (χ3n) is 3.86. The van der Waals surface area contributed by atoms with E-state index < -0.39 is 29.3 Å². The van der Waals surface area contributed by atoms with Gasteiger partial charge in [-0.1, -0.05) is 54.9 Å². The fourth-order valence-electron chi connectivity index (χ4n) is 2.63. The topological polar surface area (TPSA) is 55.4 Å². The van der Waals surface area contributed by atoms with Crippen LogP contribution in [-0.4, -0.2) is 17.5 Å². The molecule has 27 heavy (non-hydrogen) atoms. The van der Waals surface area contributed by atoms with Crippen molar-refractivity contribution in [2.75, 3.05) is 0 Å². The van der Waals surface area contributed by atoms with Crippen LogP contribution < -0.4 is 5.32 Å². The quantitative estimate of drug-likeness (QED) is 0.666. The van der Waals surface area contributed by atoms with Gasteiger partial charge in [0.25, 0.3) is 0 Å². The summed E-state index contributed by atoms with van der Waals surface area (Å²) in [6.45, 7) is 7.03. The second-order valence-corrected chi connectivity index (χ2v) is 7.54. The second-order valence-electron chi connectivity index (χ2n) is 7.13. The van der Waals surface area contributed by atoms with Crippen molar-refractivity contribution in [3.63, 3.8) is 0 Å².